The van der Waals surface area contributed by atoms with Crippen molar-refractivity contribution in [1.29, 1.82) is 0 Å². The standard InChI is InChI=1S/C15H27N3O3/c1-15(2,13(19)20)12-4-3-6-17(10-12)14(21)18-7-5-11(8-16)9-18/h11-12H,3-10,16H2,1-2H3,(H,19,20). The molecule has 0 aromatic carbocycles. The Balaban J connectivity index is 1.98. The molecule has 6 nitrogen and oxygen atoms in total. The molecule has 0 aromatic rings. The maximum Gasteiger partial charge on any atom is 0.320 e. The lowest BCUT2D eigenvalue weighted by atomic mass is 9.74. The summed E-state index contributed by atoms with van der Waals surface area (Å²) in [5, 5.41) is 9.37. The molecule has 0 spiro atoms. The number of likely N-dealkylation sites (tertiary alicyclic amines) is 2. The molecule has 0 bridgehead atoms. The van der Waals surface area contributed by atoms with Gasteiger partial charge in [0.05, 0.1) is 5.41 Å². The molecule has 2 fully saturated rings. The van der Waals surface area contributed by atoms with Crippen LogP contribution in [0.25, 0.3) is 0 Å². The van der Waals surface area contributed by atoms with Crippen LogP contribution in [0.1, 0.15) is 33.1 Å². The Morgan fingerprint density at radius 3 is 2.43 bits per heavy atom. The molecule has 3 N–H and O–H groups in total. The van der Waals surface area contributed by atoms with Gasteiger partial charge in [0.2, 0.25) is 0 Å². The van der Waals surface area contributed by atoms with E-state index in [4.69, 9.17) is 5.73 Å². The van der Waals surface area contributed by atoms with Crippen LogP contribution in [0.2, 0.25) is 0 Å². The van der Waals surface area contributed by atoms with Crippen LogP contribution >= 0.6 is 0 Å². The molecule has 0 aliphatic carbocycles. The third kappa shape index (κ3) is 3.31. The van der Waals surface area contributed by atoms with Crippen molar-refractivity contribution >= 4 is 12.0 Å². The van der Waals surface area contributed by atoms with E-state index in [1.165, 1.54) is 0 Å². The van der Waals surface area contributed by atoms with Gasteiger partial charge in [-0.25, -0.2) is 4.79 Å². The van der Waals surface area contributed by atoms with Crippen molar-refractivity contribution in [3.05, 3.63) is 0 Å². The Morgan fingerprint density at radius 1 is 1.19 bits per heavy atom. The van der Waals surface area contributed by atoms with Crippen molar-refractivity contribution in [3.63, 3.8) is 0 Å². The molecule has 0 radical (unpaired) electrons. The minimum atomic E-state index is -0.788. The Labute approximate surface area is 126 Å². The summed E-state index contributed by atoms with van der Waals surface area (Å²) in [4.78, 5) is 27.7. The lowest BCUT2D eigenvalue weighted by Crippen LogP contribution is -2.50. The maximum atomic E-state index is 12.6. The number of amides is 2. The molecule has 2 unspecified atom stereocenters. The topological polar surface area (TPSA) is 86.9 Å². The quantitative estimate of drug-likeness (QED) is 0.819. The number of urea groups is 1. The molecule has 0 aromatic heterocycles. The number of hydrogen-bond donors (Lipinski definition) is 2. The number of hydrogen-bond acceptors (Lipinski definition) is 3. The van der Waals surface area contributed by atoms with E-state index in [9.17, 15) is 14.7 Å². The molecule has 2 rings (SSSR count). The molecule has 120 valence electrons. The van der Waals surface area contributed by atoms with E-state index in [-0.39, 0.29) is 11.9 Å². The number of aliphatic carboxylic acids is 1. The lowest BCUT2D eigenvalue weighted by Gasteiger charge is -2.40. The van der Waals surface area contributed by atoms with Gasteiger partial charge >= 0.3 is 12.0 Å². The zero-order valence-electron chi connectivity index (χ0n) is 13.0. The summed E-state index contributed by atoms with van der Waals surface area (Å²) in [7, 11) is 0. The van der Waals surface area contributed by atoms with E-state index >= 15 is 0 Å². The molecular formula is C15H27N3O3. The van der Waals surface area contributed by atoms with Gasteiger partial charge in [-0.05, 0) is 51.5 Å². The summed E-state index contributed by atoms with van der Waals surface area (Å²) in [5.74, 6) is -0.364. The normalized spacial score (nSPS) is 27.0. The Bertz CT molecular complexity index is 411. The van der Waals surface area contributed by atoms with Gasteiger partial charge in [-0.1, -0.05) is 0 Å². The Hall–Kier alpha value is -1.30. The number of piperidine rings is 1. The molecular weight excluding hydrogens is 270 g/mol. The second-order valence-electron chi connectivity index (χ2n) is 6.93. The number of rotatable bonds is 3. The van der Waals surface area contributed by atoms with Crippen molar-refractivity contribution in [1.82, 2.24) is 9.80 Å². The Kier molecular flexibility index (Phi) is 4.76. The van der Waals surface area contributed by atoms with Crippen LogP contribution in [-0.4, -0.2) is 59.6 Å². The summed E-state index contributed by atoms with van der Waals surface area (Å²) in [6.45, 7) is 6.92. The smallest absolute Gasteiger partial charge is 0.320 e. The predicted octanol–water partition coefficient (Wildman–Crippen LogP) is 1.21. The predicted molar refractivity (Wildman–Crippen MR) is 79.8 cm³/mol. The first-order valence-corrected chi connectivity index (χ1v) is 7.83. The highest BCUT2D eigenvalue weighted by atomic mass is 16.4. The summed E-state index contributed by atoms with van der Waals surface area (Å²) in [6, 6.07) is 0.0526. The van der Waals surface area contributed by atoms with Crippen LogP contribution in [-0.2, 0) is 4.79 Å². The van der Waals surface area contributed by atoms with Crippen LogP contribution in [0.4, 0.5) is 4.79 Å². The molecule has 6 heteroatoms. The molecule has 2 saturated heterocycles. The average molecular weight is 297 g/mol. The number of carboxylic acid groups (broad SMARTS) is 1. The molecule has 0 saturated carbocycles. The van der Waals surface area contributed by atoms with Crippen molar-refractivity contribution < 1.29 is 14.7 Å². The van der Waals surface area contributed by atoms with Gasteiger partial charge in [0.25, 0.3) is 0 Å². The van der Waals surface area contributed by atoms with Crippen LogP contribution in [0.3, 0.4) is 0 Å². The number of nitrogens with zero attached hydrogens (tertiary/aromatic N) is 2. The van der Waals surface area contributed by atoms with Crippen molar-refractivity contribution in [2.45, 2.75) is 33.1 Å². The molecule has 2 aliphatic rings. The highest BCUT2D eigenvalue weighted by molar-refractivity contribution is 5.76. The number of carbonyl (C=O) groups excluding carboxylic acids is 1. The van der Waals surface area contributed by atoms with Gasteiger partial charge in [-0.2, -0.15) is 0 Å². The maximum absolute atomic E-state index is 12.6. The first-order valence-electron chi connectivity index (χ1n) is 7.83. The van der Waals surface area contributed by atoms with E-state index in [2.05, 4.69) is 0 Å². The van der Waals surface area contributed by atoms with E-state index in [0.29, 0.717) is 19.0 Å². The SMILES string of the molecule is CC(C)(C(=O)O)C1CCCN(C(=O)N2CCC(CN)C2)C1. The summed E-state index contributed by atoms with van der Waals surface area (Å²) >= 11 is 0. The van der Waals surface area contributed by atoms with Gasteiger partial charge in [0.1, 0.15) is 0 Å². The minimum Gasteiger partial charge on any atom is -0.481 e. The third-order valence-electron chi connectivity index (χ3n) is 5.15. The molecule has 2 aliphatic heterocycles. The molecule has 2 heterocycles. The van der Waals surface area contributed by atoms with Crippen molar-refractivity contribution in [2.24, 2.45) is 23.0 Å². The fraction of sp³-hybridized carbons (Fsp3) is 0.867. The van der Waals surface area contributed by atoms with Crippen LogP contribution < -0.4 is 5.73 Å². The number of carbonyl (C=O) groups is 2. The van der Waals surface area contributed by atoms with Gasteiger partial charge in [0.15, 0.2) is 0 Å². The van der Waals surface area contributed by atoms with Gasteiger partial charge in [-0.3, -0.25) is 4.79 Å². The second kappa shape index (κ2) is 6.22. The van der Waals surface area contributed by atoms with Gasteiger partial charge in [0, 0.05) is 26.2 Å². The summed E-state index contributed by atoms with van der Waals surface area (Å²) < 4.78 is 0. The van der Waals surface area contributed by atoms with Crippen LogP contribution in [0.15, 0.2) is 0 Å². The van der Waals surface area contributed by atoms with Gasteiger partial charge in [-0.15, -0.1) is 0 Å². The van der Waals surface area contributed by atoms with Crippen molar-refractivity contribution in [2.75, 3.05) is 32.7 Å². The average Bonchev–Trinajstić information content (AvgIpc) is 2.95. The Morgan fingerprint density at radius 2 is 1.86 bits per heavy atom. The minimum absolute atomic E-state index is 0.0145. The summed E-state index contributed by atoms with van der Waals surface area (Å²) in [6.07, 6.45) is 2.72. The largest absolute Gasteiger partial charge is 0.481 e. The fourth-order valence-corrected chi connectivity index (χ4v) is 3.31. The zero-order valence-corrected chi connectivity index (χ0v) is 13.0. The first-order chi connectivity index (χ1) is 9.86. The van der Waals surface area contributed by atoms with E-state index in [0.717, 1.165) is 38.9 Å². The van der Waals surface area contributed by atoms with E-state index < -0.39 is 11.4 Å². The van der Waals surface area contributed by atoms with Crippen molar-refractivity contribution in [3.8, 4) is 0 Å². The number of carboxylic acids is 1. The molecule has 2 atom stereocenters. The van der Waals surface area contributed by atoms with Crippen LogP contribution in [0.5, 0.6) is 0 Å². The fourth-order valence-electron chi connectivity index (χ4n) is 3.31. The highest BCUT2D eigenvalue weighted by Crippen LogP contribution is 2.34. The monoisotopic (exact) mass is 297 g/mol. The molecule has 2 amide bonds. The van der Waals surface area contributed by atoms with E-state index in [1.54, 1.807) is 13.8 Å². The first kappa shape index (κ1) is 16.1. The van der Waals surface area contributed by atoms with Crippen LogP contribution in [0, 0.1) is 17.3 Å². The van der Waals surface area contributed by atoms with Gasteiger partial charge < -0.3 is 20.6 Å². The molecule has 21 heavy (non-hydrogen) atoms. The summed E-state index contributed by atoms with van der Waals surface area (Å²) in [5.41, 5.74) is 4.88. The highest BCUT2D eigenvalue weighted by Gasteiger charge is 2.41. The third-order valence-corrected chi connectivity index (χ3v) is 5.15. The zero-order chi connectivity index (χ0) is 15.6. The number of nitrogens with two attached hydrogens (primary N) is 1. The lowest BCUT2D eigenvalue weighted by molar-refractivity contribution is -0.151. The second-order valence-corrected chi connectivity index (χ2v) is 6.93. The van der Waals surface area contributed by atoms with E-state index in [1.807, 2.05) is 9.80 Å².